The summed E-state index contributed by atoms with van der Waals surface area (Å²) in [6, 6.07) is 5.26. The predicted octanol–water partition coefficient (Wildman–Crippen LogP) is 0.844. The van der Waals surface area contributed by atoms with E-state index in [1.165, 1.54) is 0 Å². The fourth-order valence-corrected chi connectivity index (χ4v) is 5.07. The molecule has 2 atom stereocenters. The van der Waals surface area contributed by atoms with Crippen LogP contribution in [0.25, 0.3) is 0 Å². The number of hydrogen-bond donors (Lipinski definition) is 2. The quantitative estimate of drug-likeness (QED) is 0.671. The first-order valence-corrected chi connectivity index (χ1v) is 10.8. The van der Waals surface area contributed by atoms with Crippen LogP contribution in [0.15, 0.2) is 24.3 Å². The molecule has 0 aromatic heterocycles. The van der Waals surface area contributed by atoms with Crippen LogP contribution in [-0.4, -0.2) is 54.8 Å². The molecule has 0 spiro atoms. The third-order valence-electron chi connectivity index (χ3n) is 4.65. The summed E-state index contributed by atoms with van der Waals surface area (Å²) in [4.78, 5) is 37.6. The molecule has 0 saturated carbocycles. The number of carbonyl (C=O) groups excluding carboxylic acids is 3. The molecule has 0 aliphatic carbocycles. The van der Waals surface area contributed by atoms with Crippen molar-refractivity contribution < 1.29 is 22.8 Å². The van der Waals surface area contributed by atoms with Gasteiger partial charge in [0.2, 0.25) is 5.91 Å². The number of nitrogens with one attached hydrogen (secondary N) is 2. The van der Waals surface area contributed by atoms with Crippen molar-refractivity contribution in [2.45, 2.75) is 37.9 Å². The minimum atomic E-state index is -3.07. The number of halogens is 1. The highest BCUT2D eigenvalue weighted by Crippen LogP contribution is 2.20. The van der Waals surface area contributed by atoms with Crippen LogP contribution >= 0.6 is 11.6 Å². The number of benzene rings is 1. The molecule has 1 aromatic carbocycles. The van der Waals surface area contributed by atoms with Crippen LogP contribution in [0, 0.1) is 0 Å². The zero-order chi connectivity index (χ0) is 19.6. The summed E-state index contributed by atoms with van der Waals surface area (Å²) in [6.07, 6.45) is 0.570. The molecule has 27 heavy (non-hydrogen) atoms. The Hall–Kier alpha value is -2.13. The van der Waals surface area contributed by atoms with Gasteiger partial charge in [0, 0.05) is 17.5 Å². The van der Waals surface area contributed by atoms with Crippen molar-refractivity contribution in [3.8, 4) is 0 Å². The summed E-state index contributed by atoms with van der Waals surface area (Å²) >= 11 is 6.07. The van der Waals surface area contributed by atoms with Gasteiger partial charge in [-0.05, 0) is 24.5 Å². The van der Waals surface area contributed by atoms with Crippen molar-refractivity contribution in [1.29, 1.82) is 0 Å². The lowest BCUT2D eigenvalue weighted by molar-refractivity contribution is -0.128. The van der Waals surface area contributed by atoms with E-state index in [4.69, 9.17) is 11.6 Å². The van der Waals surface area contributed by atoms with E-state index in [1.807, 2.05) is 0 Å². The Labute approximate surface area is 162 Å². The second-order valence-corrected chi connectivity index (χ2v) is 9.36. The molecular weight excluding hydrogens is 394 g/mol. The average Bonchev–Trinajstić information content (AvgIpc) is 3.07. The molecular formula is C17H20ClN3O5S. The molecule has 2 heterocycles. The first-order chi connectivity index (χ1) is 12.7. The lowest BCUT2D eigenvalue weighted by Crippen LogP contribution is -2.37. The van der Waals surface area contributed by atoms with Crippen molar-refractivity contribution in [1.82, 2.24) is 15.5 Å². The van der Waals surface area contributed by atoms with E-state index in [2.05, 4.69) is 10.6 Å². The Kier molecular flexibility index (Phi) is 5.71. The standard InChI is InChI=1S/C17H20ClN3O5S/c18-13-4-2-1-3-11(13)9-21-16(23)14(20-17(21)24)5-6-15(22)19-12-7-8-27(25,26)10-12/h1-4,12,14H,5-10H2,(H,19,22)(H,20,24)/t12-,14-/m1/s1. The van der Waals surface area contributed by atoms with Crippen LogP contribution in [0.3, 0.4) is 0 Å². The smallest absolute Gasteiger partial charge is 0.325 e. The molecule has 2 aliphatic rings. The summed E-state index contributed by atoms with van der Waals surface area (Å²) < 4.78 is 22.8. The largest absolute Gasteiger partial charge is 0.352 e. The molecule has 0 unspecified atom stereocenters. The van der Waals surface area contributed by atoms with Crippen LogP contribution in [0.4, 0.5) is 4.79 Å². The van der Waals surface area contributed by atoms with Gasteiger partial charge in [-0.2, -0.15) is 0 Å². The molecule has 1 aromatic rings. The third-order valence-corrected chi connectivity index (χ3v) is 6.79. The molecule has 3 rings (SSSR count). The molecule has 2 aliphatic heterocycles. The van der Waals surface area contributed by atoms with Crippen molar-refractivity contribution in [3.63, 3.8) is 0 Å². The fourth-order valence-electron chi connectivity index (χ4n) is 3.20. The Morgan fingerprint density at radius 1 is 1.30 bits per heavy atom. The van der Waals surface area contributed by atoms with Crippen molar-refractivity contribution in [3.05, 3.63) is 34.9 Å². The zero-order valence-electron chi connectivity index (χ0n) is 14.5. The van der Waals surface area contributed by atoms with Crippen LogP contribution in [0.2, 0.25) is 5.02 Å². The molecule has 0 bridgehead atoms. The number of amides is 4. The van der Waals surface area contributed by atoms with Gasteiger partial charge in [-0.3, -0.25) is 14.5 Å². The van der Waals surface area contributed by atoms with Gasteiger partial charge in [-0.25, -0.2) is 13.2 Å². The molecule has 146 valence electrons. The molecule has 2 saturated heterocycles. The lowest BCUT2D eigenvalue weighted by atomic mass is 10.1. The maximum absolute atomic E-state index is 12.5. The first kappa shape index (κ1) is 19.6. The van der Waals surface area contributed by atoms with Gasteiger partial charge in [-0.1, -0.05) is 29.8 Å². The minimum Gasteiger partial charge on any atom is -0.352 e. The third kappa shape index (κ3) is 4.78. The van der Waals surface area contributed by atoms with Crippen molar-refractivity contribution in [2.24, 2.45) is 0 Å². The van der Waals surface area contributed by atoms with Gasteiger partial charge >= 0.3 is 6.03 Å². The van der Waals surface area contributed by atoms with E-state index in [-0.39, 0.29) is 42.8 Å². The number of sulfone groups is 1. The Bertz CT molecular complexity index is 873. The SMILES string of the molecule is O=C(CC[C@H]1NC(=O)N(Cc2ccccc2Cl)C1=O)N[C@@H]1CCS(=O)(=O)C1. The van der Waals surface area contributed by atoms with Gasteiger partial charge in [-0.15, -0.1) is 0 Å². The molecule has 8 nitrogen and oxygen atoms in total. The van der Waals surface area contributed by atoms with E-state index >= 15 is 0 Å². The van der Waals surface area contributed by atoms with Crippen LogP contribution < -0.4 is 10.6 Å². The minimum absolute atomic E-state index is 0.0210. The number of urea groups is 1. The van der Waals surface area contributed by atoms with E-state index in [1.54, 1.807) is 24.3 Å². The number of rotatable bonds is 6. The second kappa shape index (κ2) is 7.85. The summed E-state index contributed by atoms with van der Waals surface area (Å²) in [6.45, 7) is 0.0625. The highest BCUT2D eigenvalue weighted by atomic mass is 35.5. The monoisotopic (exact) mass is 413 g/mol. The highest BCUT2D eigenvalue weighted by Gasteiger charge is 2.38. The average molecular weight is 414 g/mol. The van der Waals surface area contributed by atoms with Gasteiger partial charge in [0.1, 0.15) is 6.04 Å². The number of nitrogens with zero attached hydrogens (tertiary/aromatic N) is 1. The van der Waals surface area contributed by atoms with E-state index < -0.39 is 27.8 Å². The lowest BCUT2D eigenvalue weighted by Gasteiger charge is -2.14. The Balaban J connectivity index is 1.51. The van der Waals surface area contributed by atoms with Gasteiger partial charge in [0.15, 0.2) is 9.84 Å². The Morgan fingerprint density at radius 2 is 2.04 bits per heavy atom. The number of hydrogen-bond acceptors (Lipinski definition) is 5. The van der Waals surface area contributed by atoms with Crippen molar-refractivity contribution in [2.75, 3.05) is 11.5 Å². The number of carbonyl (C=O) groups is 3. The van der Waals surface area contributed by atoms with E-state index in [9.17, 15) is 22.8 Å². The second-order valence-electron chi connectivity index (χ2n) is 6.72. The van der Waals surface area contributed by atoms with Gasteiger partial charge < -0.3 is 10.6 Å². The summed E-state index contributed by atoms with van der Waals surface area (Å²) in [5.41, 5.74) is 0.656. The first-order valence-electron chi connectivity index (χ1n) is 8.60. The molecule has 0 radical (unpaired) electrons. The van der Waals surface area contributed by atoms with Crippen LogP contribution in [0.1, 0.15) is 24.8 Å². The van der Waals surface area contributed by atoms with E-state index in [0.717, 1.165) is 4.90 Å². The van der Waals surface area contributed by atoms with Crippen LogP contribution in [0.5, 0.6) is 0 Å². The summed E-state index contributed by atoms with van der Waals surface area (Å²) in [7, 11) is -3.07. The maximum atomic E-state index is 12.5. The molecule has 4 amide bonds. The maximum Gasteiger partial charge on any atom is 0.325 e. The molecule has 2 N–H and O–H groups in total. The summed E-state index contributed by atoms with van der Waals surface area (Å²) in [5, 5.41) is 5.71. The molecule has 2 fully saturated rings. The number of imide groups is 1. The topological polar surface area (TPSA) is 113 Å². The predicted molar refractivity (Wildman–Crippen MR) is 98.8 cm³/mol. The molecule has 10 heteroatoms. The van der Waals surface area contributed by atoms with Gasteiger partial charge in [0.25, 0.3) is 5.91 Å². The summed E-state index contributed by atoms with van der Waals surface area (Å²) in [5.74, 6) is -0.713. The normalized spacial score (nSPS) is 24.1. The van der Waals surface area contributed by atoms with Gasteiger partial charge in [0.05, 0.1) is 18.1 Å². The highest BCUT2D eigenvalue weighted by molar-refractivity contribution is 7.91. The fraction of sp³-hybridized carbons (Fsp3) is 0.471. The van der Waals surface area contributed by atoms with Crippen molar-refractivity contribution >= 4 is 39.3 Å². The zero-order valence-corrected chi connectivity index (χ0v) is 16.1. The Morgan fingerprint density at radius 3 is 2.70 bits per heavy atom. The van der Waals surface area contributed by atoms with Crippen LogP contribution in [-0.2, 0) is 26.0 Å². The van der Waals surface area contributed by atoms with E-state index in [0.29, 0.717) is 17.0 Å².